The minimum atomic E-state index is -2.91. The molecule has 0 saturated carbocycles. The SMILES string of the molecule is CCS(=O)(=O)CCN1CC2(C[C@@H](Oc3ncccn3)CCO2)C1. The lowest BCUT2D eigenvalue weighted by Gasteiger charge is -2.53. The van der Waals surface area contributed by atoms with E-state index in [0.717, 1.165) is 25.9 Å². The van der Waals surface area contributed by atoms with Gasteiger partial charge in [-0.1, -0.05) is 6.92 Å². The average Bonchev–Trinajstić information content (AvgIpc) is 2.52. The van der Waals surface area contributed by atoms with Gasteiger partial charge in [-0.2, -0.15) is 0 Å². The molecule has 0 aromatic carbocycles. The third kappa shape index (κ3) is 4.19. The first-order chi connectivity index (χ1) is 11.0. The normalized spacial score (nSPS) is 24.3. The zero-order valence-electron chi connectivity index (χ0n) is 13.3. The topological polar surface area (TPSA) is 81.6 Å². The molecule has 128 valence electrons. The molecule has 1 aromatic heterocycles. The summed E-state index contributed by atoms with van der Waals surface area (Å²) in [5, 5.41) is 0. The molecule has 3 rings (SSSR count). The van der Waals surface area contributed by atoms with Gasteiger partial charge in [0.15, 0.2) is 9.84 Å². The Labute approximate surface area is 136 Å². The first-order valence-electron chi connectivity index (χ1n) is 8.01. The van der Waals surface area contributed by atoms with E-state index in [-0.39, 0.29) is 23.2 Å². The van der Waals surface area contributed by atoms with Crippen molar-refractivity contribution in [2.24, 2.45) is 0 Å². The number of hydrogen-bond acceptors (Lipinski definition) is 7. The molecule has 2 aliphatic heterocycles. The summed E-state index contributed by atoms with van der Waals surface area (Å²) in [5.74, 6) is 0.423. The Bertz CT molecular complexity index is 617. The van der Waals surface area contributed by atoms with Gasteiger partial charge in [0.2, 0.25) is 0 Å². The van der Waals surface area contributed by atoms with Crippen LogP contribution < -0.4 is 4.74 Å². The fourth-order valence-electron chi connectivity index (χ4n) is 3.14. The van der Waals surface area contributed by atoms with Gasteiger partial charge in [-0.3, -0.25) is 4.90 Å². The lowest BCUT2D eigenvalue weighted by atomic mass is 9.85. The first kappa shape index (κ1) is 16.6. The summed E-state index contributed by atoms with van der Waals surface area (Å²) in [7, 11) is -2.91. The standard InChI is InChI=1S/C15H23N3O4S/c1-2-23(19,20)9-7-18-11-15(12-18)10-13(4-8-21-15)22-14-16-5-3-6-17-14/h3,5-6,13H,2,4,7-12H2,1H3/t13-/m0/s1. The van der Waals surface area contributed by atoms with Crippen LogP contribution in [0.5, 0.6) is 6.01 Å². The largest absolute Gasteiger partial charge is 0.460 e. The molecule has 1 aromatic rings. The summed E-state index contributed by atoms with van der Waals surface area (Å²) in [4.78, 5) is 10.3. The molecular formula is C15H23N3O4S. The number of nitrogens with zero attached hydrogens (tertiary/aromatic N) is 3. The van der Waals surface area contributed by atoms with Crippen molar-refractivity contribution in [3.63, 3.8) is 0 Å². The van der Waals surface area contributed by atoms with E-state index in [2.05, 4.69) is 14.9 Å². The summed E-state index contributed by atoms with van der Waals surface area (Å²) in [6, 6.07) is 2.16. The summed E-state index contributed by atoms with van der Waals surface area (Å²) >= 11 is 0. The van der Waals surface area contributed by atoms with Crippen molar-refractivity contribution in [3.05, 3.63) is 18.5 Å². The van der Waals surface area contributed by atoms with E-state index in [0.29, 0.717) is 19.2 Å². The number of sulfone groups is 1. The minimum absolute atomic E-state index is 0.0488. The second-order valence-electron chi connectivity index (χ2n) is 6.24. The molecule has 0 unspecified atom stereocenters. The van der Waals surface area contributed by atoms with E-state index >= 15 is 0 Å². The van der Waals surface area contributed by atoms with Gasteiger partial charge in [0, 0.05) is 50.6 Å². The van der Waals surface area contributed by atoms with Gasteiger partial charge in [0.25, 0.3) is 0 Å². The van der Waals surface area contributed by atoms with E-state index in [9.17, 15) is 8.42 Å². The number of rotatable bonds is 6. The third-order valence-corrected chi connectivity index (χ3v) is 6.13. The molecule has 0 radical (unpaired) electrons. The quantitative estimate of drug-likeness (QED) is 0.746. The summed E-state index contributed by atoms with van der Waals surface area (Å²) in [6.45, 7) is 4.45. The highest BCUT2D eigenvalue weighted by molar-refractivity contribution is 7.91. The Morgan fingerprint density at radius 1 is 1.39 bits per heavy atom. The van der Waals surface area contributed by atoms with Crippen molar-refractivity contribution in [1.29, 1.82) is 0 Å². The van der Waals surface area contributed by atoms with Crippen LogP contribution >= 0.6 is 0 Å². The number of ether oxygens (including phenoxy) is 2. The van der Waals surface area contributed by atoms with Crippen LogP contribution in [-0.2, 0) is 14.6 Å². The van der Waals surface area contributed by atoms with Crippen LogP contribution in [-0.4, -0.2) is 72.7 Å². The molecule has 0 amide bonds. The fourth-order valence-corrected chi connectivity index (χ4v) is 3.96. The highest BCUT2D eigenvalue weighted by Crippen LogP contribution is 2.35. The Morgan fingerprint density at radius 3 is 2.83 bits per heavy atom. The second kappa shape index (κ2) is 6.70. The van der Waals surface area contributed by atoms with Crippen LogP contribution in [0.4, 0.5) is 0 Å². The van der Waals surface area contributed by atoms with Gasteiger partial charge in [0.1, 0.15) is 6.10 Å². The van der Waals surface area contributed by atoms with E-state index in [4.69, 9.17) is 9.47 Å². The van der Waals surface area contributed by atoms with Crippen LogP contribution in [0.15, 0.2) is 18.5 Å². The van der Waals surface area contributed by atoms with Crippen molar-refractivity contribution >= 4 is 9.84 Å². The van der Waals surface area contributed by atoms with Crippen LogP contribution in [0.1, 0.15) is 19.8 Å². The first-order valence-corrected chi connectivity index (χ1v) is 9.83. The van der Waals surface area contributed by atoms with Gasteiger partial charge in [-0.05, 0) is 6.07 Å². The Balaban J connectivity index is 1.48. The fraction of sp³-hybridized carbons (Fsp3) is 0.733. The van der Waals surface area contributed by atoms with Crippen LogP contribution in [0.25, 0.3) is 0 Å². The predicted octanol–water partition coefficient (Wildman–Crippen LogP) is 0.524. The van der Waals surface area contributed by atoms with E-state index in [1.807, 2.05) is 0 Å². The maximum atomic E-state index is 11.6. The number of aromatic nitrogens is 2. The lowest BCUT2D eigenvalue weighted by molar-refractivity contribution is -0.185. The van der Waals surface area contributed by atoms with Crippen LogP contribution in [0.2, 0.25) is 0 Å². The van der Waals surface area contributed by atoms with E-state index < -0.39 is 9.84 Å². The molecule has 7 nitrogen and oxygen atoms in total. The van der Waals surface area contributed by atoms with Crippen LogP contribution in [0.3, 0.4) is 0 Å². The monoisotopic (exact) mass is 341 g/mol. The molecule has 1 atom stereocenters. The molecule has 0 N–H and O–H groups in total. The van der Waals surface area contributed by atoms with E-state index in [1.54, 1.807) is 25.4 Å². The Hall–Kier alpha value is -1.25. The average molecular weight is 341 g/mol. The van der Waals surface area contributed by atoms with Gasteiger partial charge in [-0.25, -0.2) is 18.4 Å². The van der Waals surface area contributed by atoms with Crippen molar-refractivity contribution in [1.82, 2.24) is 14.9 Å². The smallest absolute Gasteiger partial charge is 0.316 e. The molecule has 23 heavy (non-hydrogen) atoms. The Morgan fingerprint density at radius 2 is 2.13 bits per heavy atom. The molecule has 8 heteroatoms. The zero-order chi connectivity index (χ0) is 16.3. The molecule has 1 spiro atoms. The van der Waals surface area contributed by atoms with Crippen molar-refractivity contribution in [2.45, 2.75) is 31.5 Å². The van der Waals surface area contributed by atoms with Crippen LogP contribution in [0, 0.1) is 0 Å². The molecular weight excluding hydrogens is 318 g/mol. The van der Waals surface area contributed by atoms with Gasteiger partial charge < -0.3 is 9.47 Å². The zero-order valence-corrected chi connectivity index (χ0v) is 14.2. The molecule has 0 bridgehead atoms. The van der Waals surface area contributed by atoms with Gasteiger partial charge in [0.05, 0.1) is 18.0 Å². The van der Waals surface area contributed by atoms with E-state index in [1.165, 1.54) is 0 Å². The predicted molar refractivity (Wildman–Crippen MR) is 85.1 cm³/mol. The van der Waals surface area contributed by atoms with Crippen molar-refractivity contribution in [2.75, 3.05) is 37.7 Å². The van der Waals surface area contributed by atoms with Crippen molar-refractivity contribution in [3.8, 4) is 6.01 Å². The molecule has 2 aliphatic rings. The maximum absolute atomic E-state index is 11.6. The van der Waals surface area contributed by atoms with Crippen molar-refractivity contribution < 1.29 is 17.9 Å². The lowest BCUT2D eigenvalue weighted by Crippen LogP contribution is -2.66. The molecule has 2 saturated heterocycles. The molecule has 3 heterocycles. The Kier molecular flexibility index (Phi) is 4.84. The highest BCUT2D eigenvalue weighted by atomic mass is 32.2. The number of hydrogen-bond donors (Lipinski definition) is 0. The molecule has 0 aliphatic carbocycles. The summed E-state index contributed by atoms with van der Waals surface area (Å²) < 4.78 is 34.9. The maximum Gasteiger partial charge on any atom is 0.316 e. The minimum Gasteiger partial charge on any atom is -0.460 e. The summed E-state index contributed by atoms with van der Waals surface area (Å²) in [6.07, 6.45) is 4.99. The van der Waals surface area contributed by atoms with Gasteiger partial charge >= 0.3 is 6.01 Å². The second-order valence-corrected chi connectivity index (χ2v) is 8.72. The highest BCUT2D eigenvalue weighted by Gasteiger charge is 2.48. The third-order valence-electron chi connectivity index (χ3n) is 4.44. The summed E-state index contributed by atoms with van der Waals surface area (Å²) in [5.41, 5.74) is -0.201. The molecule has 2 fully saturated rings. The van der Waals surface area contributed by atoms with Gasteiger partial charge in [-0.15, -0.1) is 0 Å². The number of likely N-dealkylation sites (tertiary alicyclic amines) is 1.